The smallest absolute Gasteiger partial charge is 0.186 e. The van der Waals surface area contributed by atoms with Gasteiger partial charge in [0.25, 0.3) is 0 Å². The monoisotopic (exact) mass is 292 g/mol. The summed E-state index contributed by atoms with van der Waals surface area (Å²) in [5, 5.41) is 9.71. The molecule has 0 saturated carbocycles. The Balaban J connectivity index is 3.66. The van der Waals surface area contributed by atoms with Gasteiger partial charge in [-0.1, -0.05) is 0 Å². The summed E-state index contributed by atoms with van der Waals surface area (Å²) in [6, 6.07) is 0. The van der Waals surface area contributed by atoms with E-state index in [-0.39, 0.29) is 5.75 Å². The van der Waals surface area contributed by atoms with Crippen molar-refractivity contribution in [1.82, 2.24) is 0 Å². The largest absolute Gasteiger partial charge is 0.506 e. The summed E-state index contributed by atoms with van der Waals surface area (Å²) in [7, 11) is 0. The van der Waals surface area contributed by atoms with Crippen LogP contribution in [0.4, 0.5) is 0 Å². The highest BCUT2D eigenvalue weighted by Gasteiger charge is 2.13. The summed E-state index contributed by atoms with van der Waals surface area (Å²) in [5.41, 5.74) is 4.06. The normalized spacial score (nSPS) is 10.5. The van der Waals surface area contributed by atoms with Crippen LogP contribution < -0.4 is 0 Å². The third kappa shape index (κ3) is 1.61. The van der Waals surface area contributed by atoms with Gasteiger partial charge in [0, 0.05) is 0 Å². The Morgan fingerprint density at radius 2 is 1.38 bits per heavy atom. The zero-order valence-corrected chi connectivity index (χ0v) is 10.4. The fraction of sp³-hybridized carbons (Fsp3) is 0.400. The molecule has 1 rings (SSSR count). The molecule has 0 amide bonds. The number of hydrogen-bond acceptors (Lipinski definition) is 2. The molecule has 0 radical (unpaired) electrons. The molecule has 0 aromatic heterocycles. The van der Waals surface area contributed by atoms with Crippen LogP contribution >= 0.6 is 21.2 Å². The highest BCUT2D eigenvalue weighted by Crippen LogP contribution is 2.34. The average molecular weight is 292 g/mol. The Kier molecular flexibility index (Phi) is 3.05. The SMILES string of the molecule is Cc1c(C)c(C)c(I=O)c(O)c1C. The van der Waals surface area contributed by atoms with Gasteiger partial charge in [0.2, 0.25) is 0 Å². The fourth-order valence-corrected chi connectivity index (χ4v) is 2.69. The standard InChI is InChI=1S/C10H13IO2/c1-5-6(2)8(4)10(12)9(11-13)7(5)3/h12H,1-4H3. The quantitative estimate of drug-likeness (QED) is 0.807. The Bertz CT molecular complexity index is 341. The zero-order valence-electron chi connectivity index (χ0n) is 8.23. The lowest BCUT2D eigenvalue weighted by Gasteiger charge is -2.12. The Labute approximate surface area is 88.6 Å². The summed E-state index contributed by atoms with van der Waals surface area (Å²) in [6.45, 7) is 7.75. The molecule has 13 heavy (non-hydrogen) atoms. The van der Waals surface area contributed by atoms with Gasteiger partial charge in [0.05, 0.1) is 3.57 Å². The van der Waals surface area contributed by atoms with Crippen molar-refractivity contribution in [3.05, 3.63) is 25.8 Å². The number of phenolic OH excluding ortho intramolecular Hbond substituents is 1. The van der Waals surface area contributed by atoms with Crippen molar-refractivity contribution in [3.8, 4) is 5.75 Å². The molecule has 0 atom stereocenters. The first-order chi connectivity index (χ1) is 6.00. The van der Waals surface area contributed by atoms with Gasteiger partial charge in [-0.3, -0.25) is 3.07 Å². The topological polar surface area (TPSA) is 37.3 Å². The molecule has 1 aromatic rings. The maximum absolute atomic E-state index is 10.9. The average Bonchev–Trinajstić information content (AvgIpc) is 2.13. The van der Waals surface area contributed by atoms with Crippen molar-refractivity contribution in [2.45, 2.75) is 27.7 Å². The minimum Gasteiger partial charge on any atom is -0.506 e. The Morgan fingerprint density at radius 1 is 0.923 bits per heavy atom. The summed E-state index contributed by atoms with van der Waals surface area (Å²) in [6.07, 6.45) is 0. The summed E-state index contributed by atoms with van der Waals surface area (Å²) in [5.74, 6) is 0.225. The maximum atomic E-state index is 10.9. The van der Waals surface area contributed by atoms with Crippen LogP contribution in [0.5, 0.6) is 5.75 Å². The van der Waals surface area contributed by atoms with E-state index in [2.05, 4.69) is 0 Å². The van der Waals surface area contributed by atoms with E-state index in [1.807, 2.05) is 27.7 Å². The van der Waals surface area contributed by atoms with E-state index >= 15 is 0 Å². The Morgan fingerprint density at radius 3 is 1.85 bits per heavy atom. The van der Waals surface area contributed by atoms with E-state index in [0.29, 0.717) is 3.57 Å². The van der Waals surface area contributed by atoms with Crippen LogP contribution in [0, 0.1) is 31.3 Å². The molecule has 0 saturated heterocycles. The fourth-order valence-electron chi connectivity index (χ4n) is 1.34. The van der Waals surface area contributed by atoms with Crippen LogP contribution in [-0.4, -0.2) is 5.11 Å². The number of hydrogen-bond donors (Lipinski definition) is 1. The van der Waals surface area contributed by atoms with E-state index in [4.69, 9.17) is 0 Å². The van der Waals surface area contributed by atoms with E-state index in [1.165, 1.54) is 0 Å². The summed E-state index contributed by atoms with van der Waals surface area (Å²) in [4.78, 5) is 0. The van der Waals surface area contributed by atoms with Gasteiger partial charge >= 0.3 is 0 Å². The molecular formula is C10H13IO2. The van der Waals surface area contributed by atoms with Gasteiger partial charge in [-0.15, -0.1) is 0 Å². The van der Waals surface area contributed by atoms with E-state index < -0.39 is 21.2 Å². The third-order valence-corrected chi connectivity index (χ3v) is 4.42. The Hall–Kier alpha value is -0.450. The third-order valence-electron chi connectivity index (χ3n) is 2.66. The number of rotatable bonds is 1. The molecule has 1 aromatic carbocycles. The van der Waals surface area contributed by atoms with Gasteiger partial charge in [-0.05, 0) is 49.9 Å². The van der Waals surface area contributed by atoms with Gasteiger partial charge in [-0.25, -0.2) is 0 Å². The molecule has 72 valence electrons. The zero-order chi connectivity index (χ0) is 10.2. The van der Waals surface area contributed by atoms with Gasteiger partial charge in [-0.2, -0.15) is 0 Å². The molecule has 0 spiro atoms. The van der Waals surface area contributed by atoms with Crippen LogP contribution in [-0.2, 0) is 3.07 Å². The minimum atomic E-state index is -1.28. The molecular weight excluding hydrogens is 279 g/mol. The van der Waals surface area contributed by atoms with Gasteiger partial charge in [0.1, 0.15) is 5.75 Å². The molecule has 0 heterocycles. The second kappa shape index (κ2) is 3.74. The number of benzene rings is 1. The molecule has 0 unspecified atom stereocenters. The first-order valence-electron chi connectivity index (χ1n) is 4.07. The lowest BCUT2D eigenvalue weighted by molar-refractivity contribution is 0.465. The molecule has 2 nitrogen and oxygen atoms in total. The molecule has 0 fully saturated rings. The van der Waals surface area contributed by atoms with Crippen molar-refractivity contribution >= 4 is 21.2 Å². The lowest BCUT2D eigenvalue weighted by atomic mass is 9.99. The second-order valence-corrected chi connectivity index (χ2v) is 4.76. The van der Waals surface area contributed by atoms with E-state index in [0.717, 1.165) is 22.3 Å². The molecule has 3 heteroatoms. The first kappa shape index (κ1) is 10.6. The number of aromatic hydroxyl groups is 1. The predicted octanol–water partition coefficient (Wildman–Crippen LogP) is 3.11. The van der Waals surface area contributed by atoms with Crippen LogP contribution in [0.25, 0.3) is 0 Å². The predicted molar refractivity (Wildman–Crippen MR) is 60.5 cm³/mol. The molecule has 0 aliphatic rings. The van der Waals surface area contributed by atoms with Crippen LogP contribution in [0.15, 0.2) is 0 Å². The lowest BCUT2D eigenvalue weighted by Crippen LogP contribution is -1.95. The first-order valence-corrected chi connectivity index (χ1v) is 6.03. The minimum absolute atomic E-state index is 0.225. The van der Waals surface area contributed by atoms with Crippen LogP contribution in [0.3, 0.4) is 0 Å². The van der Waals surface area contributed by atoms with Crippen molar-refractivity contribution in [1.29, 1.82) is 0 Å². The molecule has 0 aliphatic carbocycles. The maximum Gasteiger partial charge on any atom is 0.186 e. The van der Waals surface area contributed by atoms with E-state index in [1.54, 1.807) is 0 Å². The molecule has 0 aliphatic heterocycles. The highest BCUT2D eigenvalue weighted by atomic mass is 127. The number of phenols is 1. The van der Waals surface area contributed by atoms with Crippen molar-refractivity contribution < 1.29 is 8.18 Å². The van der Waals surface area contributed by atoms with Crippen LogP contribution in [0.2, 0.25) is 0 Å². The van der Waals surface area contributed by atoms with Crippen molar-refractivity contribution in [2.75, 3.05) is 0 Å². The summed E-state index contributed by atoms with van der Waals surface area (Å²) < 4.78 is 11.6. The van der Waals surface area contributed by atoms with Crippen molar-refractivity contribution in [3.63, 3.8) is 0 Å². The van der Waals surface area contributed by atoms with Crippen molar-refractivity contribution in [2.24, 2.45) is 0 Å². The van der Waals surface area contributed by atoms with E-state index in [9.17, 15) is 8.18 Å². The van der Waals surface area contributed by atoms with Crippen LogP contribution in [0.1, 0.15) is 22.3 Å². The number of halogens is 1. The summed E-state index contributed by atoms with van der Waals surface area (Å²) >= 11 is -1.28. The molecule has 1 N–H and O–H groups in total. The second-order valence-electron chi connectivity index (χ2n) is 3.24. The van der Waals surface area contributed by atoms with Gasteiger partial charge in [0.15, 0.2) is 21.2 Å². The van der Waals surface area contributed by atoms with Gasteiger partial charge < -0.3 is 5.11 Å². The highest BCUT2D eigenvalue weighted by molar-refractivity contribution is 14.1. The molecule has 0 bridgehead atoms.